The van der Waals surface area contributed by atoms with Crippen LogP contribution in [0.15, 0.2) is 0 Å². The Labute approximate surface area is 262 Å². The van der Waals surface area contributed by atoms with Gasteiger partial charge in [-0.2, -0.15) is 0 Å². The largest absolute Gasteiger partial charge is 0.394 e. The first-order chi connectivity index (χ1) is 21.4. The van der Waals surface area contributed by atoms with Crippen LogP contribution in [-0.2, 0) is 23.7 Å². The third-order valence-corrected chi connectivity index (χ3v) is 9.66. The van der Waals surface area contributed by atoms with Crippen LogP contribution in [-0.4, -0.2) is 154 Å². The SMILES string of the molecule is NCC[C@H](O)C(=O)C[C@@H]1C[C@H](N)[C@@H](O[C@H]2O[C@H](CN)[C@@H](O)C[C@H]2NCC2CC(N)C2)[C@H](O)[C@H]1O[C@H]1O[C@H](CO)[C@@H](O)[C@H](N)[C@H]1O. The van der Waals surface area contributed by atoms with Crippen LogP contribution in [0.2, 0.25) is 0 Å². The Bertz CT molecular complexity index is 935. The summed E-state index contributed by atoms with van der Waals surface area (Å²) in [7, 11) is 0. The molecule has 15 atom stereocenters. The van der Waals surface area contributed by atoms with E-state index in [0.717, 1.165) is 12.8 Å². The molecule has 45 heavy (non-hydrogen) atoms. The first-order valence-electron chi connectivity index (χ1n) is 15.9. The van der Waals surface area contributed by atoms with Gasteiger partial charge in [0.25, 0.3) is 0 Å². The van der Waals surface area contributed by atoms with Crippen LogP contribution < -0.4 is 34.0 Å². The van der Waals surface area contributed by atoms with Crippen LogP contribution in [0.4, 0.5) is 0 Å². The van der Waals surface area contributed by atoms with E-state index in [2.05, 4.69) is 5.32 Å². The molecule has 17 N–H and O–H groups in total. The number of rotatable bonds is 14. The Balaban J connectivity index is 1.54. The van der Waals surface area contributed by atoms with Gasteiger partial charge in [0.2, 0.25) is 0 Å². The molecule has 0 aromatic rings. The summed E-state index contributed by atoms with van der Waals surface area (Å²) in [5.41, 5.74) is 29.8. The monoisotopic (exact) mass is 650 g/mol. The minimum Gasteiger partial charge on any atom is -0.394 e. The van der Waals surface area contributed by atoms with Gasteiger partial charge in [-0.15, -0.1) is 0 Å². The first-order valence-corrected chi connectivity index (χ1v) is 15.9. The third kappa shape index (κ3) is 8.74. The predicted octanol–water partition coefficient (Wildman–Crippen LogP) is -5.97. The highest BCUT2D eigenvalue weighted by molar-refractivity contribution is 5.83. The molecule has 4 fully saturated rings. The highest BCUT2D eigenvalue weighted by Crippen LogP contribution is 2.36. The van der Waals surface area contributed by atoms with Gasteiger partial charge in [0.05, 0.1) is 37.0 Å². The van der Waals surface area contributed by atoms with Crippen molar-refractivity contribution in [3.8, 4) is 0 Å². The summed E-state index contributed by atoms with van der Waals surface area (Å²) in [5, 5.41) is 66.7. The van der Waals surface area contributed by atoms with Crippen molar-refractivity contribution in [3.05, 3.63) is 0 Å². The minimum absolute atomic E-state index is 0.0284. The van der Waals surface area contributed by atoms with Crippen molar-refractivity contribution in [1.29, 1.82) is 0 Å². The number of hydrogen-bond donors (Lipinski definition) is 12. The van der Waals surface area contributed by atoms with Crippen molar-refractivity contribution < 1.29 is 54.4 Å². The molecule has 0 aromatic carbocycles. The fourth-order valence-electron chi connectivity index (χ4n) is 6.83. The van der Waals surface area contributed by atoms with Crippen LogP contribution in [0, 0.1) is 11.8 Å². The number of aliphatic hydroxyl groups excluding tert-OH is 6. The Hall–Kier alpha value is -0.970. The standard InChI is InChI=1S/C28H54N6O11/c29-2-1-16(36)17(37)6-12-5-14(32)26(24(41)25(12)44-28-23(40)21(33)22(39)20(10-35)43-28)45-27-15(7-18(38)19(8-30)42-27)34-9-11-3-13(31)4-11/h11-16,18-28,34-36,38-41H,1-10,29-33H2/t11?,12-,13?,14-,15+,16-,18-,19+,20+,21-,22+,23+,24+,25-,26+,27+,28+/m0/s1. The lowest BCUT2D eigenvalue weighted by Crippen LogP contribution is -2.66. The number of ketones is 1. The quantitative estimate of drug-likeness (QED) is 0.0832. The second kappa shape index (κ2) is 16.4. The molecule has 2 saturated carbocycles. The van der Waals surface area contributed by atoms with E-state index in [9.17, 15) is 35.4 Å². The number of ether oxygens (including phenoxy) is 4. The number of nitrogens with two attached hydrogens (primary N) is 5. The molecule has 4 rings (SSSR count). The summed E-state index contributed by atoms with van der Waals surface area (Å²) < 4.78 is 24.1. The van der Waals surface area contributed by atoms with E-state index in [1.54, 1.807) is 0 Å². The van der Waals surface area contributed by atoms with E-state index in [4.69, 9.17) is 47.6 Å². The van der Waals surface area contributed by atoms with Gasteiger partial charge in [-0.05, 0) is 57.0 Å². The molecular formula is C28H54N6O11. The van der Waals surface area contributed by atoms with Gasteiger partial charge in [-0.3, -0.25) is 4.79 Å². The minimum atomic E-state index is -1.55. The molecule has 0 unspecified atom stereocenters. The Morgan fingerprint density at radius 1 is 0.889 bits per heavy atom. The van der Waals surface area contributed by atoms with Crippen molar-refractivity contribution in [1.82, 2.24) is 5.32 Å². The molecule has 262 valence electrons. The van der Waals surface area contributed by atoms with Crippen LogP contribution in [0.5, 0.6) is 0 Å². The van der Waals surface area contributed by atoms with Crippen molar-refractivity contribution in [2.75, 3.05) is 26.2 Å². The smallest absolute Gasteiger partial charge is 0.186 e. The van der Waals surface area contributed by atoms with E-state index in [-0.39, 0.29) is 44.8 Å². The first kappa shape index (κ1) is 36.9. The molecule has 0 spiro atoms. The number of carbonyl (C=O) groups excluding carboxylic acids is 1. The lowest BCUT2D eigenvalue weighted by Gasteiger charge is -2.49. The number of nitrogens with one attached hydrogen (secondary N) is 1. The predicted molar refractivity (Wildman–Crippen MR) is 158 cm³/mol. The van der Waals surface area contributed by atoms with Gasteiger partial charge in [0.1, 0.15) is 36.6 Å². The highest BCUT2D eigenvalue weighted by atomic mass is 16.7. The Morgan fingerprint density at radius 2 is 1.56 bits per heavy atom. The summed E-state index contributed by atoms with van der Waals surface area (Å²) >= 11 is 0. The molecule has 2 aliphatic heterocycles. The third-order valence-electron chi connectivity index (χ3n) is 9.66. The van der Waals surface area contributed by atoms with Gasteiger partial charge in [-0.25, -0.2) is 0 Å². The molecule has 0 radical (unpaired) electrons. The van der Waals surface area contributed by atoms with Crippen molar-refractivity contribution in [2.24, 2.45) is 40.5 Å². The van der Waals surface area contributed by atoms with Crippen molar-refractivity contribution in [3.63, 3.8) is 0 Å². The molecule has 2 saturated heterocycles. The molecule has 0 bridgehead atoms. The molecule has 0 aromatic heterocycles. The zero-order valence-electron chi connectivity index (χ0n) is 25.5. The maximum Gasteiger partial charge on any atom is 0.186 e. The zero-order chi connectivity index (χ0) is 33.0. The molecule has 2 aliphatic carbocycles. The number of hydrogen-bond acceptors (Lipinski definition) is 17. The molecular weight excluding hydrogens is 596 g/mol. The van der Waals surface area contributed by atoms with E-state index < -0.39 is 104 Å². The van der Waals surface area contributed by atoms with Crippen LogP contribution >= 0.6 is 0 Å². The Kier molecular flexibility index (Phi) is 13.5. The average Bonchev–Trinajstić information content (AvgIpc) is 2.99. The van der Waals surface area contributed by atoms with Crippen LogP contribution in [0.1, 0.15) is 38.5 Å². The van der Waals surface area contributed by atoms with E-state index in [0.29, 0.717) is 12.5 Å². The Morgan fingerprint density at radius 3 is 2.18 bits per heavy atom. The molecule has 17 heteroatoms. The zero-order valence-corrected chi connectivity index (χ0v) is 25.5. The second-order valence-corrected chi connectivity index (χ2v) is 13.1. The normalized spacial score (nSPS) is 46.4. The average molecular weight is 651 g/mol. The molecule has 17 nitrogen and oxygen atoms in total. The van der Waals surface area contributed by atoms with Gasteiger partial charge in [0.15, 0.2) is 18.4 Å². The van der Waals surface area contributed by atoms with Gasteiger partial charge in [0, 0.05) is 25.0 Å². The number of Topliss-reactive ketones (excluding diaryl/α,β-unsaturated/α-hetero) is 1. The van der Waals surface area contributed by atoms with Gasteiger partial charge in [-0.1, -0.05) is 0 Å². The summed E-state index contributed by atoms with van der Waals surface area (Å²) in [6, 6.07) is -2.38. The van der Waals surface area contributed by atoms with E-state index in [1.807, 2.05) is 0 Å². The van der Waals surface area contributed by atoms with Crippen LogP contribution in [0.3, 0.4) is 0 Å². The second-order valence-electron chi connectivity index (χ2n) is 13.1. The fourth-order valence-corrected chi connectivity index (χ4v) is 6.83. The fraction of sp³-hybridized carbons (Fsp3) is 0.964. The van der Waals surface area contributed by atoms with Crippen molar-refractivity contribution in [2.45, 2.75) is 130 Å². The van der Waals surface area contributed by atoms with Crippen molar-refractivity contribution >= 4 is 5.78 Å². The number of aliphatic hydroxyl groups is 6. The van der Waals surface area contributed by atoms with Gasteiger partial charge >= 0.3 is 0 Å². The number of carbonyl (C=O) groups is 1. The summed E-state index contributed by atoms with van der Waals surface area (Å²) in [6.45, 7) is 0.118. The lowest BCUT2D eigenvalue weighted by molar-refractivity contribution is -0.320. The molecule has 0 amide bonds. The lowest BCUT2D eigenvalue weighted by atomic mass is 9.76. The topological polar surface area (TPSA) is 318 Å². The van der Waals surface area contributed by atoms with E-state index >= 15 is 0 Å². The summed E-state index contributed by atoms with van der Waals surface area (Å²) in [5.74, 6) is -0.921. The van der Waals surface area contributed by atoms with Gasteiger partial charge < -0.3 is 83.6 Å². The summed E-state index contributed by atoms with van der Waals surface area (Å²) in [6.07, 6.45) is -11.4. The maximum absolute atomic E-state index is 12.9. The molecule has 4 aliphatic rings. The van der Waals surface area contributed by atoms with E-state index in [1.165, 1.54) is 0 Å². The maximum atomic E-state index is 12.9. The highest BCUT2D eigenvalue weighted by Gasteiger charge is 2.51. The van der Waals surface area contributed by atoms with Crippen LogP contribution in [0.25, 0.3) is 0 Å². The molecule has 2 heterocycles. The summed E-state index contributed by atoms with van der Waals surface area (Å²) in [4.78, 5) is 12.9.